The number of hydrogen-bond donors (Lipinski definition) is 2. The van der Waals surface area contributed by atoms with Crippen LogP contribution < -0.4 is 11.1 Å². The van der Waals surface area contributed by atoms with Crippen LogP contribution in [0.4, 0.5) is 5.13 Å². The number of carbonyl (C=O) groups is 1. The van der Waals surface area contributed by atoms with Crippen molar-refractivity contribution in [2.24, 2.45) is 0 Å². The second-order valence-electron chi connectivity index (χ2n) is 5.04. The van der Waals surface area contributed by atoms with E-state index in [-0.39, 0.29) is 11.8 Å². The molecule has 0 fully saturated rings. The molecule has 1 atom stereocenters. The van der Waals surface area contributed by atoms with Gasteiger partial charge in [-0.05, 0) is 12.0 Å². The van der Waals surface area contributed by atoms with Crippen LogP contribution in [0.2, 0.25) is 0 Å². The van der Waals surface area contributed by atoms with Crippen molar-refractivity contribution < 1.29 is 4.79 Å². The normalized spacial score (nSPS) is 17.7. The molecule has 0 aromatic carbocycles. The molecule has 3 heterocycles. The number of thiazole rings is 1. The van der Waals surface area contributed by atoms with E-state index in [2.05, 4.69) is 27.2 Å². The average Bonchev–Trinajstić information content (AvgIpc) is 2.83. The van der Waals surface area contributed by atoms with E-state index >= 15 is 0 Å². The number of rotatable bonds is 4. The van der Waals surface area contributed by atoms with E-state index in [0.29, 0.717) is 18.1 Å². The molecule has 3 N–H and O–H groups in total. The van der Waals surface area contributed by atoms with Crippen molar-refractivity contribution in [2.75, 3.05) is 11.5 Å². The first-order chi connectivity index (χ1) is 10.7. The van der Waals surface area contributed by atoms with Crippen molar-refractivity contribution in [3.05, 3.63) is 28.5 Å². The van der Waals surface area contributed by atoms with Crippen LogP contribution in [0, 0.1) is 0 Å². The van der Waals surface area contributed by atoms with Crippen LogP contribution in [-0.2, 0) is 11.3 Å². The van der Waals surface area contributed by atoms with Crippen molar-refractivity contribution in [3.8, 4) is 0 Å². The Kier molecular flexibility index (Phi) is 4.58. The summed E-state index contributed by atoms with van der Waals surface area (Å²) < 4.78 is 0. The largest absolute Gasteiger partial charge is 0.375 e. The molecule has 22 heavy (non-hydrogen) atoms. The van der Waals surface area contributed by atoms with Gasteiger partial charge in [0.15, 0.2) is 10.3 Å². The van der Waals surface area contributed by atoms with Crippen LogP contribution >= 0.6 is 23.1 Å². The van der Waals surface area contributed by atoms with Gasteiger partial charge in [-0.15, -0.1) is 11.3 Å². The van der Waals surface area contributed by atoms with Gasteiger partial charge in [-0.2, -0.15) is 0 Å². The van der Waals surface area contributed by atoms with E-state index in [9.17, 15) is 4.79 Å². The lowest BCUT2D eigenvalue weighted by atomic mass is 9.96. The monoisotopic (exact) mass is 335 g/mol. The minimum absolute atomic E-state index is 0.0122. The summed E-state index contributed by atoms with van der Waals surface area (Å²) in [5, 5.41) is 4.16. The second-order valence-corrected chi connectivity index (χ2v) is 7.17. The maximum atomic E-state index is 11.9. The first-order valence-electron chi connectivity index (χ1n) is 7.14. The van der Waals surface area contributed by atoms with Crippen LogP contribution in [0.1, 0.15) is 41.8 Å². The molecule has 1 aliphatic rings. The van der Waals surface area contributed by atoms with Gasteiger partial charge in [0.2, 0.25) is 5.91 Å². The highest BCUT2D eigenvalue weighted by Gasteiger charge is 2.28. The highest BCUT2D eigenvalue weighted by Crippen LogP contribution is 2.37. The minimum Gasteiger partial charge on any atom is -0.375 e. The summed E-state index contributed by atoms with van der Waals surface area (Å²) in [6.45, 7) is 2.56. The fraction of sp³-hybridized carbons (Fsp3) is 0.429. The summed E-state index contributed by atoms with van der Waals surface area (Å²) in [6.07, 6.45) is 5.09. The molecule has 0 saturated heterocycles. The van der Waals surface area contributed by atoms with Gasteiger partial charge in [-0.25, -0.2) is 15.0 Å². The molecule has 2 aromatic rings. The molecule has 0 spiro atoms. The zero-order valence-corrected chi connectivity index (χ0v) is 13.8. The predicted octanol–water partition coefficient (Wildman–Crippen LogP) is 2.17. The van der Waals surface area contributed by atoms with Crippen molar-refractivity contribution in [2.45, 2.75) is 37.4 Å². The Hall–Kier alpha value is -1.67. The minimum atomic E-state index is -0.0717. The number of nitrogens with two attached hydrogens (primary N) is 1. The van der Waals surface area contributed by atoms with Gasteiger partial charge in [0.05, 0.1) is 12.2 Å². The summed E-state index contributed by atoms with van der Waals surface area (Å²) in [6, 6.07) is 0. The van der Waals surface area contributed by atoms with Gasteiger partial charge in [0.1, 0.15) is 0 Å². The Balaban J connectivity index is 1.90. The topological polar surface area (TPSA) is 93.8 Å². The van der Waals surface area contributed by atoms with Gasteiger partial charge in [-0.3, -0.25) is 4.79 Å². The third-order valence-corrected chi connectivity index (χ3v) is 5.51. The average molecular weight is 335 g/mol. The smallest absolute Gasteiger partial charge is 0.221 e. The summed E-state index contributed by atoms with van der Waals surface area (Å²) >= 11 is 3.08. The third-order valence-electron chi connectivity index (χ3n) is 3.39. The molecular weight excluding hydrogens is 318 g/mol. The van der Waals surface area contributed by atoms with Crippen LogP contribution in [0.15, 0.2) is 17.6 Å². The number of fused-ring (bicyclic) bond motifs is 1. The molecule has 0 bridgehead atoms. The van der Waals surface area contributed by atoms with E-state index in [1.807, 2.05) is 12.4 Å². The first kappa shape index (κ1) is 15.2. The molecule has 116 valence electrons. The van der Waals surface area contributed by atoms with E-state index in [4.69, 9.17) is 5.73 Å². The molecule has 1 aliphatic heterocycles. The predicted molar refractivity (Wildman–Crippen MR) is 87.9 cm³/mol. The summed E-state index contributed by atoms with van der Waals surface area (Å²) in [5.74, 6) is 0.941. The lowest BCUT2D eigenvalue weighted by Gasteiger charge is -2.12. The van der Waals surface area contributed by atoms with Gasteiger partial charge in [0, 0.05) is 35.4 Å². The Morgan fingerprint density at radius 2 is 2.23 bits per heavy atom. The number of nitrogens with one attached hydrogen (secondary N) is 1. The zero-order valence-electron chi connectivity index (χ0n) is 12.2. The van der Waals surface area contributed by atoms with Crippen molar-refractivity contribution >= 4 is 34.1 Å². The molecule has 2 aromatic heterocycles. The highest BCUT2D eigenvalue weighted by atomic mass is 32.2. The van der Waals surface area contributed by atoms with Gasteiger partial charge in [0.25, 0.3) is 0 Å². The lowest BCUT2D eigenvalue weighted by Crippen LogP contribution is -2.21. The number of anilines is 1. The highest BCUT2D eigenvalue weighted by molar-refractivity contribution is 7.99. The molecule has 1 amide bonds. The molecule has 3 rings (SSSR count). The van der Waals surface area contributed by atoms with Crippen molar-refractivity contribution in [3.63, 3.8) is 0 Å². The molecule has 0 aliphatic carbocycles. The standard InChI is InChI=1S/C14H17N5OS2/c1-2-3-21-14-17-5-8(6-18-14)9-4-11(20)16-7-10-12(9)22-13(15)19-10/h5-6,9H,2-4,7H2,1H3,(H2,15,19)(H,16,20). The fourth-order valence-corrected chi connectivity index (χ4v) is 3.98. The van der Waals surface area contributed by atoms with Crippen molar-refractivity contribution in [1.82, 2.24) is 20.3 Å². The zero-order chi connectivity index (χ0) is 15.5. The number of thioether (sulfide) groups is 1. The summed E-state index contributed by atoms with van der Waals surface area (Å²) in [7, 11) is 0. The second kappa shape index (κ2) is 6.62. The number of nitrogen functional groups attached to an aromatic ring is 1. The van der Waals surface area contributed by atoms with Crippen LogP contribution in [0.5, 0.6) is 0 Å². The molecule has 1 unspecified atom stereocenters. The molecule has 0 saturated carbocycles. The number of carbonyl (C=O) groups excluding carboxylic acids is 1. The Morgan fingerprint density at radius 1 is 1.45 bits per heavy atom. The van der Waals surface area contributed by atoms with Gasteiger partial charge < -0.3 is 11.1 Å². The number of amides is 1. The summed E-state index contributed by atoms with van der Waals surface area (Å²) in [4.78, 5) is 26.1. The quantitative estimate of drug-likeness (QED) is 0.657. The third kappa shape index (κ3) is 3.22. The van der Waals surface area contributed by atoms with E-state index < -0.39 is 0 Å². The first-order valence-corrected chi connectivity index (χ1v) is 8.94. The lowest BCUT2D eigenvalue weighted by molar-refractivity contribution is -0.121. The van der Waals surface area contributed by atoms with Crippen LogP contribution in [-0.4, -0.2) is 26.6 Å². The van der Waals surface area contributed by atoms with E-state index in [0.717, 1.165) is 33.5 Å². The molecular formula is C14H17N5OS2. The Bertz CT molecular complexity index is 670. The van der Waals surface area contributed by atoms with Crippen LogP contribution in [0.25, 0.3) is 0 Å². The SMILES string of the molecule is CCCSc1ncc(C2CC(=O)NCc3nc(N)sc32)cn1. The maximum Gasteiger partial charge on any atom is 0.221 e. The van der Waals surface area contributed by atoms with Gasteiger partial charge in [-0.1, -0.05) is 18.7 Å². The van der Waals surface area contributed by atoms with E-state index in [1.54, 1.807) is 11.8 Å². The maximum absolute atomic E-state index is 11.9. The molecule has 0 radical (unpaired) electrons. The Labute approximate surface area is 137 Å². The number of nitrogens with zero attached hydrogens (tertiary/aromatic N) is 3. The summed E-state index contributed by atoms with van der Waals surface area (Å²) in [5.41, 5.74) is 7.61. The van der Waals surface area contributed by atoms with E-state index in [1.165, 1.54) is 11.3 Å². The molecule has 6 nitrogen and oxygen atoms in total. The van der Waals surface area contributed by atoms with Gasteiger partial charge >= 0.3 is 0 Å². The number of aromatic nitrogens is 3. The van der Waals surface area contributed by atoms with Crippen LogP contribution in [0.3, 0.4) is 0 Å². The van der Waals surface area contributed by atoms with Crippen molar-refractivity contribution in [1.29, 1.82) is 0 Å². The number of hydrogen-bond acceptors (Lipinski definition) is 7. The fourth-order valence-electron chi connectivity index (χ4n) is 2.36. The Morgan fingerprint density at radius 3 is 2.95 bits per heavy atom. The molecule has 8 heteroatoms.